The van der Waals surface area contributed by atoms with E-state index in [9.17, 15) is 9.59 Å². The van der Waals surface area contributed by atoms with Gasteiger partial charge in [-0.2, -0.15) is 0 Å². The topological polar surface area (TPSA) is 73.6 Å². The molecule has 2 aromatic heterocycles. The van der Waals surface area contributed by atoms with Crippen molar-refractivity contribution in [2.24, 2.45) is 4.99 Å². The minimum Gasteiger partial charge on any atom is -0.496 e. The fraction of sp³-hybridized carbons (Fsp3) is 0.182. The molecule has 0 spiro atoms. The highest BCUT2D eigenvalue weighted by molar-refractivity contribution is 7.07. The van der Waals surface area contributed by atoms with Crippen molar-refractivity contribution in [3.63, 3.8) is 0 Å². The Morgan fingerprint density at radius 3 is 2.72 bits per heavy atom. The number of thiazole rings is 1. The summed E-state index contributed by atoms with van der Waals surface area (Å²) in [6.07, 6.45) is 5.17. The quantitative estimate of drug-likeness (QED) is 0.667. The first-order valence-corrected chi connectivity index (χ1v) is 9.89. The number of rotatable bonds is 4. The largest absolute Gasteiger partial charge is 0.496 e. The van der Waals surface area contributed by atoms with Crippen LogP contribution < -0.4 is 19.6 Å². The molecule has 1 aromatic carbocycles. The maximum Gasteiger partial charge on any atom is 0.271 e. The van der Waals surface area contributed by atoms with Crippen LogP contribution in [0.2, 0.25) is 0 Å². The zero-order valence-electron chi connectivity index (χ0n) is 16.2. The number of carbonyl (C=O) groups excluding carboxylic acids is 1. The third-order valence-electron chi connectivity index (χ3n) is 4.82. The Labute approximate surface area is 171 Å². The molecular weight excluding hydrogens is 386 g/mol. The van der Waals surface area contributed by atoms with Gasteiger partial charge in [-0.1, -0.05) is 35.6 Å². The number of ether oxygens (including phenoxy) is 1. The van der Waals surface area contributed by atoms with E-state index >= 15 is 0 Å². The lowest BCUT2D eigenvalue weighted by atomic mass is 9.93. The second-order valence-corrected chi connectivity index (χ2v) is 7.68. The Bertz CT molecular complexity index is 1300. The molecule has 0 N–H and O–H groups in total. The minimum absolute atomic E-state index is 0.122. The number of methoxy groups -OCH3 is 1. The molecule has 146 valence electrons. The summed E-state index contributed by atoms with van der Waals surface area (Å²) in [5.41, 5.74) is 2.50. The van der Waals surface area contributed by atoms with Gasteiger partial charge in [0.1, 0.15) is 5.75 Å². The monoisotopic (exact) mass is 405 g/mol. The van der Waals surface area contributed by atoms with E-state index in [4.69, 9.17) is 4.74 Å². The predicted molar refractivity (Wildman–Crippen MR) is 112 cm³/mol. The summed E-state index contributed by atoms with van der Waals surface area (Å²) < 4.78 is 7.65. The van der Waals surface area contributed by atoms with Crippen LogP contribution >= 0.6 is 11.3 Å². The van der Waals surface area contributed by atoms with Crippen molar-refractivity contribution in [2.45, 2.75) is 19.9 Å². The van der Waals surface area contributed by atoms with Gasteiger partial charge in [-0.15, -0.1) is 0 Å². The fourth-order valence-electron chi connectivity index (χ4n) is 3.57. The van der Waals surface area contributed by atoms with E-state index in [-0.39, 0.29) is 11.3 Å². The first-order chi connectivity index (χ1) is 14.0. The Kier molecular flexibility index (Phi) is 4.98. The smallest absolute Gasteiger partial charge is 0.271 e. The molecule has 0 aliphatic carbocycles. The van der Waals surface area contributed by atoms with E-state index in [2.05, 4.69) is 9.98 Å². The number of benzene rings is 1. The molecule has 0 saturated carbocycles. The maximum atomic E-state index is 13.4. The van der Waals surface area contributed by atoms with Gasteiger partial charge >= 0.3 is 0 Å². The Morgan fingerprint density at radius 1 is 1.24 bits per heavy atom. The summed E-state index contributed by atoms with van der Waals surface area (Å²) in [7, 11) is 1.58. The molecule has 3 aromatic rings. The molecule has 0 amide bonds. The van der Waals surface area contributed by atoms with Crippen LogP contribution in [0.25, 0.3) is 6.08 Å². The normalized spacial score (nSPS) is 16.4. The van der Waals surface area contributed by atoms with Crippen molar-refractivity contribution in [2.75, 3.05) is 7.11 Å². The average Bonchev–Trinajstić information content (AvgIpc) is 3.02. The molecule has 0 bridgehead atoms. The van der Waals surface area contributed by atoms with Gasteiger partial charge in [0.05, 0.1) is 17.7 Å². The molecule has 3 heterocycles. The number of Topliss-reactive ketones (excluding diaryl/α,β-unsaturated/α-hetero) is 1. The number of hydrogen-bond acceptors (Lipinski definition) is 6. The number of allylic oxidation sites excluding steroid dienone is 2. The fourth-order valence-corrected chi connectivity index (χ4v) is 4.62. The van der Waals surface area contributed by atoms with Gasteiger partial charge < -0.3 is 4.74 Å². The average molecular weight is 405 g/mol. The molecule has 1 aliphatic heterocycles. The number of para-hydroxylation sites is 1. The van der Waals surface area contributed by atoms with E-state index in [1.54, 1.807) is 37.1 Å². The minimum atomic E-state index is -0.587. The van der Waals surface area contributed by atoms with Gasteiger partial charge in [0.2, 0.25) is 0 Å². The lowest BCUT2D eigenvalue weighted by Gasteiger charge is -2.25. The molecule has 1 atom stereocenters. The zero-order chi connectivity index (χ0) is 20.5. The van der Waals surface area contributed by atoms with Crippen molar-refractivity contribution in [1.29, 1.82) is 0 Å². The summed E-state index contributed by atoms with van der Waals surface area (Å²) in [5, 5.41) is 0. The number of ketones is 1. The van der Waals surface area contributed by atoms with Gasteiger partial charge in [-0.25, -0.2) is 4.99 Å². The summed E-state index contributed by atoms with van der Waals surface area (Å²) in [6, 6.07) is 10.6. The summed E-state index contributed by atoms with van der Waals surface area (Å²) in [4.78, 5) is 35.1. The van der Waals surface area contributed by atoms with Crippen LogP contribution in [-0.2, 0) is 4.79 Å². The van der Waals surface area contributed by atoms with Crippen LogP contribution in [0.5, 0.6) is 5.75 Å². The first kappa shape index (κ1) is 19.0. The molecule has 29 heavy (non-hydrogen) atoms. The van der Waals surface area contributed by atoms with Crippen molar-refractivity contribution >= 4 is 23.2 Å². The van der Waals surface area contributed by atoms with Gasteiger partial charge in [-0.05, 0) is 37.6 Å². The van der Waals surface area contributed by atoms with E-state index in [0.717, 1.165) is 11.1 Å². The third kappa shape index (κ3) is 3.34. The summed E-state index contributed by atoms with van der Waals surface area (Å²) in [6.45, 7) is 3.30. The molecule has 6 nitrogen and oxygen atoms in total. The van der Waals surface area contributed by atoms with Crippen molar-refractivity contribution in [3.05, 3.63) is 90.9 Å². The third-order valence-corrected chi connectivity index (χ3v) is 5.80. The number of pyridine rings is 1. The maximum absolute atomic E-state index is 13.4. The van der Waals surface area contributed by atoms with Crippen LogP contribution in [0.4, 0.5) is 0 Å². The van der Waals surface area contributed by atoms with Crippen LogP contribution in [0.15, 0.2) is 69.8 Å². The standard InChI is InChI=1S/C22H19N3O3S/c1-13-19(14(2)26)20(16-8-4-5-9-17(16)28-3)25-21(27)18(29-22(25)24-13)11-15-7-6-10-23-12-15/h4-12,20H,1-3H3/t20-/m0/s1. The second kappa shape index (κ2) is 7.60. The lowest BCUT2D eigenvalue weighted by Crippen LogP contribution is -2.39. The highest BCUT2D eigenvalue weighted by atomic mass is 32.1. The van der Waals surface area contributed by atoms with E-state index < -0.39 is 6.04 Å². The highest BCUT2D eigenvalue weighted by Crippen LogP contribution is 2.35. The van der Waals surface area contributed by atoms with Crippen molar-refractivity contribution in [3.8, 4) is 5.75 Å². The van der Waals surface area contributed by atoms with Gasteiger partial charge in [0, 0.05) is 29.2 Å². The number of hydrogen-bond donors (Lipinski definition) is 0. The number of nitrogens with zero attached hydrogens (tertiary/aromatic N) is 3. The highest BCUT2D eigenvalue weighted by Gasteiger charge is 2.32. The molecule has 1 aliphatic rings. The first-order valence-electron chi connectivity index (χ1n) is 9.07. The molecular formula is C22H19N3O3S. The lowest BCUT2D eigenvalue weighted by molar-refractivity contribution is -0.114. The molecule has 0 radical (unpaired) electrons. The summed E-state index contributed by atoms with van der Waals surface area (Å²) in [5.74, 6) is 0.497. The molecule has 0 fully saturated rings. The molecule has 0 saturated heterocycles. The van der Waals surface area contributed by atoms with Crippen LogP contribution in [0.1, 0.15) is 31.0 Å². The van der Waals surface area contributed by atoms with Gasteiger partial charge in [0.25, 0.3) is 5.56 Å². The molecule has 0 unspecified atom stereocenters. The van der Waals surface area contributed by atoms with Crippen molar-refractivity contribution < 1.29 is 9.53 Å². The predicted octanol–water partition coefficient (Wildman–Crippen LogP) is 2.23. The SMILES string of the molecule is COc1ccccc1[C@H]1C(C(C)=O)=C(C)N=c2sc(=Cc3cccnc3)c(=O)n21. The van der Waals surface area contributed by atoms with Crippen LogP contribution in [0.3, 0.4) is 0 Å². The van der Waals surface area contributed by atoms with Gasteiger partial charge in [-0.3, -0.25) is 19.1 Å². The number of fused-ring (bicyclic) bond motifs is 1. The molecule has 7 heteroatoms. The Morgan fingerprint density at radius 2 is 2.03 bits per heavy atom. The van der Waals surface area contributed by atoms with Crippen molar-refractivity contribution in [1.82, 2.24) is 9.55 Å². The van der Waals surface area contributed by atoms with Crippen LogP contribution in [-0.4, -0.2) is 22.4 Å². The Hall–Kier alpha value is -3.32. The Balaban J connectivity index is 2.03. The second-order valence-electron chi connectivity index (χ2n) is 6.67. The number of aromatic nitrogens is 2. The molecule has 4 rings (SSSR count). The van der Waals surface area contributed by atoms with E-state index in [1.165, 1.54) is 18.3 Å². The van der Waals surface area contributed by atoms with E-state index in [1.807, 2.05) is 36.4 Å². The zero-order valence-corrected chi connectivity index (χ0v) is 17.1. The van der Waals surface area contributed by atoms with Gasteiger partial charge in [0.15, 0.2) is 10.6 Å². The van der Waals surface area contributed by atoms with Crippen LogP contribution in [0, 0.1) is 0 Å². The summed E-state index contributed by atoms with van der Waals surface area (Å²) >= 11 is 1.30. The number of carbonyl (C=O) groups is 1. The van der Waals surface area contributed by atoms with E-state index in [0.29, 0.717) is 26.4 Å².